The third-order valence-electron chi connectivity index (χ3n) is 5.51. The number of nitro groups is 1. The van der Waals surface area contributed by atoms with Crippen LogP contribution in [0.2, 0.25) is 0 Å². The van der Waals surface area contributed by atoms with Crippen LogP contribution in [0.4, 0.5) is 11.4 Å². The van der Waals surface area contributed by atoms with Gasteiger partial charge in [0.05, 0.1) is 34.6 Å². The van der Waals surface area contributed by atoms with Crippen molar-refractivity contribution in [1.29, 1.82) is 0 Å². The van der Waals surface area contributed by atoms with E-state index in [2.05, 4.69) is 0 Å². The number of benzene rings is 1. The molecular formula is C15H14N2O6. The summed E-state index contributed by atoms with van der Waals surface area (Å²) >= 11 is 0. The topological polar surface area (TPSA) is 121 Å². The molecule has 1 heterocycles. The van der Waals surface area contributed by atoms with Crippen LogP contribution in [0, 0.1) is 33.8 Å². The van der Waals surface area contributed by atoms with E-state index in [0.29, 0.717) is 12.1 Å². The maximum absolute atomic E-state index is 12.7. The minimum atomic E-state index is -1.06. The van der Waals surface area contributed by atoms with Gasteiger partial charge in [0.1, 0.15) is 0 Å². The smallest absolute Gasteiger partial charge is 0.307 e. The van der Waals surface area contributed by atoms with Gasteiger partial charge in [-0.25, -0.2) is 0 Å². The molecule has 8 nitrogen and oxygen atoms in total. The minimum Gasteiger partial charge on any atom is -0.481 e. The van der Waals surface area contributed by atoms with Crippen LogP contribution in [0.15, 0.2) is 24.3 Å². The molecule has 0 aromatic heterocycles. The number of carbonyl (C=O) groups is 2. The van der Waals surface area contributed by atoms with Crippen molar-refractivity contribution in [2.45, 2.75) is 18.6 Å². The van der Waals surface area contributed by atoms with E-state index in [0.717, 1.165) is 0 Å². The van der Waals surface area contributed by atoms with Gasteiger partial charge in [-0.2, -0.15) is 0 Å². The van der Waals surface area contributed by atoms with Crippen molar-refractivity contribution in [2.24, 2.45) is 23.7 Å². The standard InChI is InChI=1S/C15H14N2O6/c18-13-9-5-8-10(11(9)15(20)21)14(19)16(12(8)13)6-2-1-3-7(4-6)17(22)23/h1-4,8-13,18H,5H2,(H,20,21)/t8-,9+,10-,11+,12+,13+/m1/s1. The van der Waals surface area contributed by atoms with Crippen LogP contribution < -0.4 is 4.90 Å². The number of carbonyl (C=O) groups excluding carboxylic acids is 1. The van der Waals surface area contributed by atoms with Crippen molar-refractivity contribution in [3.05, 3.63) is 34.4 Å². The number of aliphatic carboxylic acids is 1. The predicted molar refractivity (Wildman–Crippen MR) is 76.6 cm³/mol. The van der Waals surface area contributed by atoms with Gasteiger partial charge in [0.25, 0.3) is 5.69 Å². The van der Waals surface area contributed by atoms with Crippen LogP contribution in [0.1, 0.15) is 6.42 Å². The number of fused-ring (bicyclic) bond motifs is 1. The number of carboxylic acids is 1. The van der Waals surface area contributed by atoms with Crippen molar-refractivity contribution in [1.82, 2.24) is 0 Å². The maximum Gasteiger partial charge on any atom is 0.307 e. The highest BCUT2D eigenvalue weighted by Crippen LogP contribution is 2.59. The molecule has 23 heavy (non-hydrogen) atoms. The first-order chi connectivity index (χ1) is 10.9. The number of aliphatic hydroxyl groups is 1. The molecule has 6 atom stereocenters. The van der Waals surface area contributed by atoms with E-state index >= 15 is 0 Å². The number of non-ortho nitro benzene ring substituents is 1. The van der Waals surface area contributed by atoms with E-state index < -0.39 is 40.8 Å². The van der Waals surface area contributed by atoms with Gasteiger partial charge in [0, 0.05) is 18.1 Å². The zero-order chi connectivity index (χ0) is 16.5. The molecule has 0 spiro atoms. The summed E-state index contributed by atoms with van der Waals surface area (Å²) in [7, 11) is 0. The zero-order valence-electron chi connectivity index (χ0n) is 11.9. The minimum absolute atomic E-state index is 0.145. The molecule has 3 aliphatic rings. The highest BCUT2D eigenvalue weighted by molar-refractivity contribution is 6.02. The first-order valence-corrected chi connectivity index (χ1v) is 7.40. The molecule has 0 radical (unpaired) electrons. The second kappa shape index (κ2) is 4.51. The number of nitro benzene ring substituents is 1. The quantitative estimate of drug-likeness (QED) is 0.623. The summed E-state index contributed by atoms with van der Waals surface area (Å²) in [5.41, 5.74) is 0.195. The summed E-state index contributed by atoms with van der Waals surface area (Å²) in [4.78, 5) is 36.0. The molecule has 2 N–H and O–H groups in total. The van der Waals surface area contributed by atoms with Crippen molar-refractivity contribution >= 4 is 23.3 Å². The number of aliphatic hydroxyl groups excluding tert-OH is 1. The number of hydrogen-bond donors (Lipinski definition) is 2. The highest BCUT2D eigenvalue weighted by atomic mass is 16.6. The molecular weight excluding hydrogens is 304 g/mol. The van der Waals surface area contributed by atoms with Crippen molar-refractivity contribution in [2.75, 3.05) is 4.90 Å². The lowest BCUT2D eigenvalue weighted by Gasteiger charge is -2.30. The van der Waals surface area contributed by atoms with E-state index in [1.54, 1.807) is 6.07 Å². The fourth-order valence-electron chi connectivity index (χ4n) is 4.73. The molecule has 3 fully saturated rings. The molecule has 8 heteroatoms. The molecule has 1 amide bonds. The molecule has 120 valence electrons. The third kappa shape index (κ3) is 1.69. The number of hydrogen-bond acceptors (Lipinski definition) is 5. The van der Waals surface area contributed by atoms with Gasteiger partial charge in [0.15, 0.2) is 0 Å². The Hall–Kier alpha value is -2.48. The predicted octanol–water partition coefficient (Wildman–Crippen LogP) is 0.638. The number of rotatable bonds is 3. The van der Waals surface area contributed by atoms with Gasteiger partial charge in [-0.15, -0.1) is 0 Å². The molecule has 1 saturated heterocycles. The van der Waals surface area contributed by atoms with Crippen molar-refractivity contribution in [3.8, 4) is 0 Å². The Bertz CT molecular complexity index is 734. The number of nitrogens with zero attached hydrogens (tertiary/aromatic N) is 2. The van der Waals surface area contributed by atoms with Gasteiger partial charge in [-0.1, -0.05) is 6.07 Å². The second-order valence-corrected chi connectivity index (χ2v) is 6.42. The summed E-state index contributed by atoms with van der Waals surface area (Å²) < 4.78 is 0. The molecule has 1 aliphatic heterocycles. The molecule has 0 unspecified atom stereocenters. The molecule has 1 aromatic rings. The summed E-state index contributed by atoms with van der Waals surface area (Å²) in [6.45, 7) is 0. The van der Waals surface area contributed by atoms with Crippen molar-refractivity contribution in [3.63, 3.8) is 0 Å². The van der Waals surface area contributed by atoms with Gasteiger partial charge >= 0.3 is 5.97 Å². The van der Waals surface area contributed by atoms with Gasteiger partial charge in [-0.3, -0.25) is 19.7 Å². The van der Waals surface area contributed by atoms with Crippen LogP contribution in [0.3, 0.4) is 0 Å². The van der Waals surface area contributed by atoms with E-state index in [1.165, 1.54) is 23.1 Å². The molecule has 1 aromatic carbocycles. The van der Waals surface area contributed by atoms with Crippen molar-refractivity contribution < 1.29 is 24.7 Å². The summed E-state index contributed by atoms with van der Waals surface area (Å²) in [6, 6.07) is 5.18. The van der Waals surface area contributed by atoms with Gasteiger partial charge < -0.3 is 15.1 Å². The Balaban J connectivity index is 1.78. The number of anilines is 1. The van der Waals surface area contributed by atoms with Crippen LogP contribution in [-0.2, 0) is 9.59 Å². The summed E-state index contributed by atoms with van der Waals surface area (Å²) in [6.07, 6.45) is -0.409. The van der Waals surface area contributed by atoms with Crippen LogP contribution in [0.5, 0.6) is 0 Å². The molecule has 4 rings (SSSR count). The van der Waals surface area contributed by atoms with Crippen LogP contribution in [0.25, 0.3) is 0 Å². The molecule has 2 saturated carbocycles. The Morgan fingerprint density at radius 3 is 2.74 bits per heavy atom. The molecule has 2 bridgehead atoms. The van der Waals surface area contributed by atoms with E-state index in [1.807, 2.05) is 0 Å². The average Bonchev–Trinajstić information content (AvgIpc) is 3.10. The lowest BCUT2D eigenvalue weighted by atomic mass is 9.78. The van der Waals surface area contributed by atoms with E-state index in [4.69, 9.17) is 0 Å². The van der Waals surface area contributed by atoms with Gasteiger partial charge in [0.2, 0.25) is 5.91 Å². The van der Waals surface area contributed by atoms with Gasteiger partial charge in [-0.05, 0) is 18.4 Å². The normalized spacial score (nSPS) is 37.4. The Morgan fingerprint density at radius 1 is 1.35 bits per heavy atom. The van der Waals surface area contributed by atoms with E-state index in [9.17, 15) is 29.9 Å². The zero-order valence-corrected chi connectivity index (χ0v) is 11.9. The first-order valence-electron chi connectivity index (χ1n) is 7.40. The highest BCUT2D eigenvalue weighted by Gasteiger charge is 2.69. The van der Waals surface area contributed by atoms with Crippen LogP contribution in [-0.4, -0.2) is 39.2 Å². The SMILES string of the molecule is O=C(O)[C@H]1[C@@H]2C[C@@H]3[C@H]1C(=O)N(c1cccc([N+](=O)[O-])c1)[C@@H]3[C@H]2O. The molecule has 2 aliphatic carbocycles. The summed E-state index contributed by atoms with van der Waals surface area (Å²) in [5, 5.41) is 30.8. The largest absolute Gasteiger partial charge is 0.481 e. The Kier molecular flexibility index (Phi) is 2.77. The number of amides is 1. The Morgan fingerprint density at radius 2 is 2.09 bits per heavy atom. The maximum atomic E-state index is 12.7. The Labute approximate surface area is 130 Å². The fraction of sp³-hybridized carbons (Fsp3) is 0.467. The monoisotopic (exact) mass is 318 g/mol. The average molecular weight is 318 g/mol. The van der Waals surface area contributed by atoms with E-state index in [-0.39, 0.29) is 17.5 Å². The lowest BCUT2D eigenvalue weighted by molar-refractivity contribution is -0.384. The lowest BCUT2D eigenvalue weighted by Crippen LogP contribution is -2.44. The number of carboxylic acid groups (broad SMARTS) is 1. The van der Waals surface area contributed by atoms with Crippen LogP contribution >= 0.6 is 0 Å². The summed E-state index contributed by atoms with van der Waals surface area (Å²) in [5.74, 6) is -3.57. The first kappa shape index (κ1) is 14.1. The third-order valence-corrected chi connectivity index (χ3v) is 5.51. The second-order valence-electron chi connectivity index (χ2n) is 6.42. The fourth-order valence-corrected chi connectivity index (χ4v) is 4.73.